The maximum Gasteiger partial charge on any atom is 0.407 e. The number of rotatable bonds is 5. The Balaban J connectivity index is 1.19. The zero-order valence-electron chi connectivity index (χ0n) is 19.2. The van der Waals surface area contributed by atoms with Gasteiger partial charge in [-0.15, -0.1) is 0 Å². The normalized spacial score (nSPS) is 25.1. The van der Waals surface area contributed by atoms with Crippen LogP contribution in [0.5, 0.6) is 0 Å². The van der Waals surface area contributed by atoms with Crippen LogP contribution >= 0.6 is 0 Å². The number of hydrogen-bond acceptors (Lipinski definition) is 5. The number of ether oxygens (including phenoxy) is 1. The van der Waals surface area contributed by atoms with Gasteiger partial charge < -0.3 is 25.2 Å². The van der Waals surface area contributed by atoms with Crippen LogP contribution in [0.4, 0.5) is 4.79 Å². The topological polar surface area (TPSA) is 116 Å². The van der Waals surface area contributed by atoms with E-state index in [2.05, 4.69) is 29.6 Å². The Morgan fingerprint density at radius 2 is 1.66 bits per heavy atom. The predicted octanol–water partition coefficient (Wildman–Crippen LogP) is 2.91. The number of carboxylic acid groups (broad SMARTS) is 1. The number of nitrogens with one attached hydrogen (secondary N) is 1. The summed E-state index contributed by atoms with van der Waals surface area (Å²) in [6.07, 6.45) is 3.09. The van der Waals surface area contributed by atoms with Gasteiger partial charge in [0.15, 0.2) is 0 Å². The van der Waals surface area contributed by atoms with E-state index in [4.69, 9.17) is 4.74 Å². The molecule has 3 aliphatic rings. The van der Waals surface area contributed by atoms with E-state index in [0.29, 0.717) is 12.8 Å². The van der Waals surface area contributed by atoms with Crippen LogP contribution in [0.25, 0.3) is 11.1 Å². The van der Waals surface area contributed by atoms with Gasteiger partial charge in [0.1, 0.15) is 12.6 Å². The number of β-amino-alcohol motifs (C(OH)–C–C–N with tert-alkyl or cyclic N) is 1. The number of hydrogen-bond donors (Lipinski definition) is 3. The minimum absolute atomic E-state index is 0.0144. The average Bonchev–Trinajstić information content (AvgIpc) is 3.41. The fourth-order valence-electron chi connectivity index (χ4n) is 5.51. The Labute approximate surface area is 203 Å². The number of fused-ring (bicyclic) bond motifs is 3. The molecule has 4 atom stereocenters. The molecule has 3 N–H and O–H groups in total. The molecule has 0 saturated carbocycles. The third-order valence-corrected chi connectivity index (χ3v) is 7.17. The molecule has 2 aliphatic carbocycles. The van der Waals surface area contributed by atoms with E-state index in [1.807, 2.05) is 36.4 Å². The van der Waals surface area contributed by atoms with Gasteiger partial charge in [-0.25, -0.2) is 9.59 Å². The average molecular weight is 477 g/mol. The van der Waals surface area contributed by atoms with Crippen molar-refractivity contribution < 1.29 is 29.3 Å². The zero-order chi connectivity index (χ0) is 24.5. The fourth-order valence-corrected chi connectivity index (χ4v) is 5.51. The molecule has 8 heteroatoms. The fraction of sp³-hybridized carbons (Fsp3) is 0.370. The van der Waals surface area contributed by atoms with Gasteiger partial charge in [-0.2, -0.15) is 0 Å². The van der Waals surface area contributed by atoms with Crippen LogP contribution in [0.3, 0.4) is 0 Å². The first kappa shape index (κ1) is 23.1. The van der Waals surface area contributed by atoms with Crippen molar-refractivity contribution in [2.24, 2.45) is 5.92 Å². The number of nitrogens with zero attached hydrogens (tertiary/aromatic N) is 1. The van der Waals surface area contributed by atoms with Crippen molar-refractivity contribution in [2.45, 2.75) is 43.4 Å². The standard InChI is InChI=1S/C27H28N2O6/c30-18-13-24(26(32)33)29(14-18)25(31)16-6-5-7-17(12-16)28-27(34)35-15-23-21-10-3-1-8-19(21)20-9-2-4-11-22(20)23/h1-5,7-11,16-18,23-24,30H,6,12-15H2,(H,28,34)(H,32,33). The number of amides is 2. The molecule has 2 aromatic carbocycles. The van der Waals surface area contributed by atoms with Crippen molar-refractivity contribution in [3.05, 3.63) is 71.8 Å². The summed E-state index contributed by atoms with van der Waals surface area (Å²) in [4.78, 5) is 38.4. The maximum atomic E-state index is 13.0. The molecule has 1 saturated heterocycles. The van der Waals surface area contributed by atoms with E-state index >= 15 is 0 Å². The van der Waals surface area contributed by atoms with Crippen molar-refractivity contribution >= 4 is 18.0 Å². The quantitative estimate of drug-likeness (QED) is 0.572. The first-order valence-corrected chi connectivity index (χ1v) is 11.9. The van der Waals surface area contributed by atoms with Gasteiger partial charge in [-0.05, 0) is 35.1 Å². The van der Waals surface area contributed by atoms with Crippen molar-refractivity contribution in [1.29, 1.82) is 0 Å². The van der Waals surface area contributed by atoms with Crippen LogP contribution < -0.4 is 5.32 Å². The molecule has 2 aromatic rings. The number of carbonyl (C=O) groups is 3. The molecular formula is C27H28N2O6. The first-order chi connectivity index (χ1) is 16.9. The second-order valence-electron chi connectivity index (χ2n) is 9.41. The van der Waals surface area contributed by atoms with Crippen LogP contribution in [0.15, 0.2) is 60.7 Å². The lowest BCUT2D eigenvalue weighted by Crippen LogP contribution is -2.46. The molecule has 0 aromatic heterocycles. The highest BCUT2D eigenvalue weighted by Gasteiger charge is 2.41. The van der Waals surface area contributed by atoms with Gasteiger partial charge in [0.2, 0.25) is 5.91 Å². The van der Waals surface area contributed by atoms with Gasteiger partial charge in [0, 0.05) is 24.8 Å². The monoisotopic (exact) mass is 476 g/mol. The number of likely N-dealkylation sites (tertiary alicyclic amines) is 1. The van der Waals surface area contributed by atoms with Crippen LogP contribution in [-0.2, 0) is 14.3 Å². The number of aliphatic hydroxyl groups is 1. The molecule has 2 amide bonds. The molecule has 1 fully saturated rings. The van der Waals surface area contributed by atoms with Crippen LogP contribution in [0.2, 0.25) is 0 Å². The van der Waals surface area contributed by atoms with E-state index in [1.165, 1.54) is 4.90 Å². The lowest BCUT2D eigenvalue weighted by Gasteiger charge is -2.30. The van der Waals surface area contributed by atoms with Gasteiger partial charge >= 0.3 is 12.1 Å². The van der Waals surface area contributed by atoms with E-state index in [-0.39, 0.29) is 31.4 Å². The number of aliphatic carboxylic acids is 1. The summed E-state index contributed by atoms with van der Waals surface area (Å²) in [5.74, 6) is -1.93. The minimum Gasteiger partial charge on any atom is -0.480 e. The summed E-state index contributed by atoms with van der Waals surface area (Å²) in [6, 6.07) is 14.8. The number of carboxylic acids is 1. The van der Waals surface area contributed by atoms with Crippen molar-refractivity contribution in [3.8, 4) is 11.1 Å². The van der Waals surface area contributed by atoms with Gasteiger partial charge in [-0.3, -0.25) is 4.79 Å². The Bertz CT molecular complexity index is 1130. The van der Waals surface area contributed by atoms with E-state index < -0.39 is 36.2 Å². The molecular weight excluding hydrogens is 448 g/mol. The Hall–Kier alpha value is -3.65. The van der Waals surface area contributed by atoms with Crippen molar-refractivity contribution in [3.63, 3.8) is 0 Å². The molecule has 35 heavy (non-hydrogen) atoms. The Kier molecular flexibility index (Phi) is 6.30. The molecule has 1 aliphatic heterocycles. The van der Waals surface area contributed by atoms with Gasteiger partial charge in [0.25, 0.3) is 0 Å². The summed E-state index contributed by atoms with van der Waals surface area (Å²) < 4.78 is 5.61. The molecule has 1 heterocycles. The Morgan fingerprint density at radius 1 is 1.00 bits per heavy atom. The third-order valence-electron chi connectivity index (χ3n) is 7.17. The molecule has 0 radical (unpaired) electrons. The predicted molar refractivity (Wildman–Crippen MR) is 128 cm³/mol. The zero-order valence-corrected chi connectivity index (χ0v) is 19.2. The molecule has 0 bridgehead atoms. The van der Waals surface area contributed by atoms with E-state index in [0.717, 1.165) is 22.3 Å². The SMILES string of the molecule is O=C(NC1C=CCC(C(=O)N2CC(O)CC2C(=O)O)C1)OCC1c2ccccc2-c2ccccc21. The van der Waals surface area contributed by atoms with Gasteiger partial charge in [0.05, 0.1) is 12.1 Å². The summed E-state index contributed by atoms with van der Waals surface area (Å²) in [6.45, 7) is 0.213. The van der Waals surface area contributed by atoms with Crippen molar-refractivity contribution in [1.82, 2.24) is 10.2 Å². The highest BCUT2D eigenvalue weighted by atomic mass is 16.5. The van der Waals surface area contributed by atoms with E-state index in [9.17, 15) is 24.6 Å². The minimum atomic E-state index is -1.12. The molecule has 8 nitrogen and oxygen atoms in total. The van der Waals surface area contributed by atoms with Gasteiger partial charge in [-0.1, -0.05) is 60.7 Å². The number of allylic oxidation sites excluding steroid dienone is 1. The summed E-state index contributed by atoms with van der Waals surface area (Å²) >= 11 is 0. The lowest BCUT2D eigenvalue weighted by molar-refractivity contribution is -0.150. The lowest BCUT2D eigenvalue weighted by atomic mass is 9.89. The second-order valence-corrected chi connectivity index (χ2v) is 9.41. The largest absolute Gasteiger partial charge is 0.480 e. The number of aliphatic hydroxyl groups excluding tert-OH is 1. The highest BCUT2D eigenvalue weighted by molar-refractivity contribution is 5.86. The van der Waals surface area contributed by atoms with Crippen LogP contribution in [-0.4, -0.2) is 64.4 Å². The second kappa shape index (κ2) is 9.54. The molecule has 182 valence electrons. The summed E-state index contributed by atoms with van der Waals surface area (Å²) in [7, 11) is 0. The number of benzene rings is 2. The molecule has 0 spiro atoms. The van der Waals surface area contributed by atoms with Crippen LogP contribution in [0, 0.1) is 5.92 Å². The number of alkyl carbamates (subject to hydrolysis) is 1. The smallest absolute Gasteiger partial charge is 0.407 e. The molecule has 5 rings (SSSR count). The van der Waals surface area contributed by atoms with Crippen molar-refractivity contribution in [2.75, 3.05) is 13.2 Å². The number of carbonyl (C=O) groups excluding carboxylic acids is 2. The Morgan fingerprint density at radius 3 is 2.31 bits per heavy atom. The maximum absolute atomic E-state index is 13.0. The summed E-state index contributed by atoms with van der Waals surface area (Å²) in [5, 5.41) is 22.1. The third kappa shape index (κ3) is 4.53. The summed E-state index contributed by atoms with van der Waals surface area (Å²) in [5.41, 5.74) is 4.57. The van der Waals surface area contributed by atoms with E-state index in [1.54, 1.807) is 0 Å². The van der Waals surface area contributed by atoms with Crippen LogP contribution in [0.1, 0.15) is 36.3 Å². The highest BCUT2D eigenvalue weighted by Crippen LogP contribution is 2.44. The molecule has 4 unspecified atom stereocenters. The first-order valence-electron chi connectivity index (χ1n) is 11.9.